The molecule has 0 amide bonds. The van der Waals surface area contributed by atoms with Crippen LogP contribution in [0.3, 0.4) is 0 Å². The van der Waals surface area contributed by atoms with Crippen molar-refractivity contribution in [2.45, 2.75) is 37.0 Å². The zero-order valence-electron chi connectivity index (χ0n) is 9.86. The number of hydrogen-bond acceptors (Lipinski definition) is 3. The molecular weight excluding hydrogens is 252 g/mol. The van der Waals surface area contributed by atoms with E-state index in [1.165, 1.54) is 31.2 Å². The highest BCUT2D eigenvalue weighted by Crippen LogP contribution is 2.32. The van der Waals surface area contributed by atoms with Crippen LogP contribution in [-0.2, 0) is 0 Å². The standard InChI is InChI=1S/C13H19ClN2S/c14-11-7-5-10(6-8-11)13(16-15)9-17-12-3-1-2-4-12/h5-8,12-13,16H,1-4,9,15H2. The van der Waals surface area contributed by atoms with Crippen molar-refractivity contribution >= 4 is 23.4 Å². The number of nitrogens with one attached hydrogen (secondary N) is 1. The average molecular weight is 271 g/mol. The quantitative estimate of drug-likeness (QED) is 0.635. The summed E-state index contributed by atoms with van der Waals surface area (Å²) in [6, 6.07) is 8.14. The molecule has 0 saturated heterocycles. The van der Waals surface area contributed by atoms with Gasteiger partial charge in [-0.05, 0) is 30.5 Å². The fourth-order valence-electron chi connectivity index (χ4n) is 2.22. The number of halogens is 1. The second-order valence-electron chi connectivity index (χ2n) is 4.51. The van der Waals surface area contributed by atoms with Crippen molar-refractivity contribution in [2.24, 2.45) is 5.84 Å². The maximum absolute atomic E-state index is 5.88. The van der Waals surface area contributed by atoms with Gasteiger partial charge in [-0.25, -0.2) is 0 Å². The number of thioether (sulfide) groups is 1. The van der Waals surface area contributed by atoms with Crippen molar-refractivity contribution < 1.29 is 0 Å². The van der Waals surface area contributed by atoms with E-state index in [4.69, 9.17) is 17.4 Å². The molecule has 1 aliphatic rings. The third-order valence-corrected chi connectivity index (χ3v) is 4.99. The van der Waals surface area contributed by atoms with Crippen LogP contribution in [0.4, 0.5) is 0 Å². The van der Waals surface area contributed by atoms with E-state index in [2.05, 4.69) is 5.43 Å². The fraction of sp³-hybridized carbons (Fsp3) is 0.538. The zero-order valence-corrected chi connectivity index (χ0v) is 11.4. The number of hydrazine groups is 1. The van der Waals surface area contributed by atoms with E-state index in [0.29, 0.717) is 0 Å². The maximum atomic E-state index is 5.88. The lowest BCUT2D eigenvalue weighted by molar-refractivity contribution is 0.609. The van der Waals surface area contributed by atoms with Crippen LogP contribution >= 0.6 is 23.4 Å². The summed E-state index contributed by atoms with van der Waals surface area (Å²) in [5.41, 5.74) is 4.11. The van der Waals surface area contributed by atoms with Crippen molar-refractivity contribution in [1.82, 2.24) is 5.43 Å². The Kier molecular flexibility index (Phi) is 5.16. The van der Waals surface area contributed by atoms with E-state index < -0.39 is 0 Å². The molecule has 3 N–H and O–H groups in total. The summed E-state index contributed by atoms with van der Waals surface area (Å²) in [7, 11) is 0. The molecule has 17 heavy (non-hydrogen) atoms. The van der Waals surface area contributed by atoms with Crippen LogP contribution in [0.25, 0.3) is 0 Å². The van der Waals surface area contributed by atoms with Gasteiger partial charge in [0.2, 0.25) is 0 Å². The summed E-state index contributed by atoms with van der Waals surface area (Å²) in [5.74, 6) is 6.66. The zero-order chi connectivity index (χ0) is 12.1. The van der Waals surface area contributed by atoms with E-state index in [0.717, 1.165) is 16.0 Å². The monoisotopic (exact) mass is 270 g/mol. The lowest BCUT2D eigenvalue weighted by Gasteiger charge is -2.18. The second kappa shape index (κ2) is 6.64. The highest BCUT2D eigenvalue weighted by atomic mass is 35.5. The average Bonchev–Trinajstić information content (AvgIpc) is 2.85. The van der Waals surface area contributed by atoms with Gasteiger partial charge in [0.05, 0.1) is 6.04 Å². The van der Waals surface area contributed by atoms with Crippen molar-refractivity contribution in [1.29, 1.82) is 0 Å². The molecular formula is C13H19ClN2S. The molecule has 94 valence electrons. The van der Waals surface area contributed by atoms with Gasteiger partial charge in [-0.3, -0.25) is 11.3 Å². The smallest absolute Gasteiger partial charge is 0.0550 e. The van der Waals surface area contributed by atoms with Gasteiger partial charge in [-0.15, -0.1) is 0 Å². The molecule has 1 aromatic carbocycles. The van der Waals surface area contributed by atoms with Gasteiger partial charge < -0.3 is 0 Å². The third-order valence-electron chi connectivity index (χ3n) is 3.27. The van der Waals surface area contributed by atoms with E-state index in [1.54, 1.807) is 0 Å². The summed E-state index contributed by atoms with van der Waals surface area (Å²) in [6.45, 7) is 0. The minimum absolute atomic E-state index is 0.220. The maximum Gasteiger partial charge on any atom is 0.0550 e. The highest BCUT2D eigenvalue weighted by molar-refractivity contribution is 7.99. The SMILES string of the molecule is NNC(CSC1CCCC1)c1ccc(Cl)cc1. The molecule has 2 nitrogen and oxygen atoms in total. The Balaban J connectivity index is 1.89. The Morgan fingerprint density at radius 2 is 1.94 bits per heavy atom. The van der Waals surface area contributed by atoms with Crippen LogP contribution < -0.4 is 11.3 Å². The first kappa shape index (κ1) is 13.2. The lowest BCUT2D eigenvalue weighted by atomic mass is 10.1. The Hall–Kier alpha value is -0.220. The van der Waals surface area contributed by atoms with Gasteiger partial charge in [0.25, 0.3) is 0 Å². The second-order valence-corrected chi connectivity index (χ2v) is 6.28. The van der Waals surface area contributed by atoms with Gasteiger partial charge in [0, 0.05) is 16.0 Å². The Labute approximate surface area is 112 Å². The third kappa shape index (κ3) is 3.88. The van der Waals surface area contributed by atoms with Crippen LogP contribution in [0, 0.1) is 0 Å². The van der Waals surface area contributed by atoms with Gasteiger partial charge >= 0.3 is 0 Å². The normalized spacial score (nSPS) is 18.5. The predicted molar refractivity (Wildman–Crippen MR) is 76.2 cm³/mol. The molecule has 0 aromatic heterocycles. The van der Waals surface area contributed by atoms with E-state index in [9.17, 15) is 0 Å². The molecule has 1 saturated carbocycles. The van der Waals surface area contributed by atoms with Crippen molar-refractivity contribution in [2.75, 3.05) is 5.75 Å². The summed E-state index contributed by atoms with van der Waals surface area (Å²) < 4.78 is 0. The first-order chi connectivity index (χ1) is 8.29. The molecule has 1 fully saturated rings. The minimum Gasteiger partial charge on any atom is -0.271 e. The van der Waals surface area contributed by atoms with Crippen molar-refractivity contribution in [3.8, 4) is 0 Å². The molecule has 1 atom stereocenters. The summed E-state index contributed by atoms with van der Waals surface area (Å²) in [4.78, 5) is 0. The minimum atomic E-state index is 0.220. The topological polar surface area (TPSA) is 38.0 Å². The van der Waals surface area contributed by atoms with Crippen molar-refractivity contribution in [3.63, 3.8) is 0 Å². The van der Waals surface area contributed by atoms with Gasteiger partial charge in [-0.2, -0.15) is 11.8 Å². The van der Waals surface area contributed by atoms with Crippen LogP contribution in [0.15, 0.2) is 24.3 Å². The first-order valence-corrected chi connectivity index (χ1v) is 7.55. The lowest BCUT2D eigenvalue weighted by Crippen LogP contribution is -2.30. The Morgan fingerprint density at radius 3 is 2.53 bits per heavy atom. The van der Waals surface area contributed by atoms with Crippen molar-refractivity contribution in [3.05, 3.63) is 34.9 Å². The molecule has 2 rings (SSSR count). The molecule has 1 aromatic rings. The summed E-state index contributed by atoms with van der Waals surface area (Å²) in [6.07, 6.45) is 5.50. The molecule has 0 aliphatic heterocycles. The molecule has 4 heteroatoms. The molecule has 0 heterocycles. The van der Waals surface area contributed by atoms with Crippen LogP contribution in [0.5, 0.6) is 0 Å². The molecule has 0 radical (unpaired) electrons. The fourth-order valence-corrected chi connectivity index (χ4v) is 3.77. The molecule has 0 bridgehead atoms. The molecule has 1 aliphatic carbocycles. The number of nitrogens with two attached hydrogens (primary N) is 1. The number of rotatable bonds is 5. The summed E-state index contributed by atoms with van der Waals surface area (Å²) >= 11 is 7.92. The van der Waals surface area contributed by atoms with E-state index in [-0.39, 0.29) is 6.04 Å². The van der Waals surface area contributed by atoms with E-state index in [1.807, 2.05) is 36.0 Å². The Bertz CT molecular complexity index is 336. The van der Waals surface area contributed by atoms with Gasteiger partial charge in [-0.1, -0.05) is 36.6 Å². The predicted octanol–water partition coefficient (Wildman–Crippen LogP) is 3.52. The highest BCUT2D eigenvalue weighted by Gasteiger charge is 2.18. The number of benzene rings is 1. The van der Waals surface area contributed by atoms with Crippen LogP contribution in [0.2, 0.25) is 5.02 Å². The largest absolute Gasteiger partial charge is 0.271 e. The van der Waals surface area contributed by atoms with Crippen LogP contribution in [-0.4, -0.2) is 11.0 Å². The Morgan fingerprint density at radius 1 is 1.29 bits per heavy atom. The first-order valence-electron chi connectivity index (χ1n) is 6.13. The number of hydrogen-bond donors (Lipinski definition) is 2. The molecule has 1 unspecified atom stereocenters. The summed E-state index contributed by atoms with van der Waals surface area (Å²) in [5, 5.41) is 1.60. The van der Waals surface area contributed by atoms with Gasteiger partial charge in [0.15, 0.2) is 0 Å². The van der Waals surface area contributed by atoms with E-state index >= 15 is 0 Å². The molecule has 0 spiro atoms. The van der Waals surface area contributed by atoms with Gasteiger partial charge in [0.1, 0.15) is 0 Å². The van der Waals surface area contributed by atoms with Crippen LogP contribution in [0.1, 0.15) is 37.3 Å².